The van der Waals surface area contributed by atoms with Crippen molar-refractivity contribution < 1.29 is 13.6 Å². The predicted molar refractivity (Wildman–Crippen MR) is 94.0 cm³/mol. The minimum Gasteiger partial charge on any atom is -0.344 e. The molecule has 0 aromatic heterocycles. The molecule has 1 amide bonds. The van der Waals surface area contributed by atoms with E-state index >= 15 is 0 Å². The fourth-order valence-electron chi connectivity index (χ4n) is 3.23. The van der Waals surface area contributed by atoms with E-state index in [1.807, 2.05) is 6.07 Å². The summed E-state index contributed by atoms with van der Waals surface area (Å²) in [5, 5.41) is 3.40. The summed E-state index contributed by atoms with van der Waals surface area (Å²) in [4.78, 5) is 13.6. The highest BCUT2D eigenvalue weighted by Gasteiger charge is 2.18. The standard InChI is InChI=1S/C20H22F2N2O/c1-24-10-9-23-19(7-4-8-20(24)25)15-11-14(12-16(21)13-15)17-5-2-3-6-18(17)22/h2-3,5-6,11-13,19,23H,4,7-10H2,1H3/t19-/m0/s1. The quantitative estimate of drug-likeness (QED) is 0.896. The molecule has 1 aliphatic rings. The van der Waals surface area contributed by atoms with E-state index in [-0.39, 0.29) is 23.6 Å². The molecule has 1 saturated heterocycles. The Kier molecular flexibility index (Phi) is 5.43. The number of likely N-dealkylation sites (N-methyl/N-ethyl adjacent to an activating group) is 1. The van der Waals surface area contributed by atoms with Gasteiger partial charge in [0.05, 0.1) is 0 Å². The Morgan fingerprint density at radius 1 is 1.16 bits per heavy atom. The van der Waals surface area contributed by atoms with Gasteiger partial charge in [0.2, 0.25) is 5.91 Å². The van der Waals surface area contributed by atoms with Gasteiger partial charge in [-0.25, -0.2) is 8.78 Å². The van der Waals surface area contributed by atoms with Crippen LogP contribution in [0, 0.1) is 11.6 Å². The average molecular weight is 344 g/mol. The second-order valence-electron chi connectivity index (χ2n) is 6.47. The van der Waals surface area contributed by atoms with Crippen LogP contribution in [0.4, 0.5) is 8.78 Å². The first-order valence-electron chi connectivity index (χ1n) is 8.57. The van der Waals surface area contributed by atoms with Gasteiger partial charge in [-0.15, -0.1) is 0 Å². The molecule has 2 aromatic carbocycles. The molecule has 1 fully saturated rings. The SMILES string of the molecule is CN1CCN[C@H](c2cc(F)cc(-c3ccccc3F)c2)CCCC1=O. The van der Waals surface area contributed by atoms with E-state index in [0.29, 0.717) is 30.6 Å². The van der Waals surface area contributed by atoms with Crippen molar-refractivity contribution in [1.29, 1.82) is 0 Å². The molecule has 2 aromatic rings. The van der Waals surface area contributed by atoms with Gasteiger partial charge in [-0.2, -0.15) is 0 Å². The smallest absolute Gasteiger partial charge is 0.222 e. The first-order chi connectivity index (χ1) is 12.0. The Bertz CT molecular complexity index is 763. The minimum absolute atomic E-state index is 0.0551. The molecule has 0 saturated carbocycles. The zero-order valence-corrected chi connectivity index (χ0v) is 14.3. The van der Waals surface area contributed by atoms with Crippen molar-refractivity contribution in [2.75, 3.05) is 20.1 Å². The molecule has 132 valence electrons. The van der Waals surface area contributed by atoms with Gasteiger partial charge in [-0.05, 0) is 48.2 Å². The van der Waals surface area contributed by atoms with Gasteiger partial charge in [0.1, 0.15) is 11.6 Å². The summed E-state index contributed by atoms with van der Waals surface area (Å²) in [5.74, 6) is -0.618. The van der Waals surface area contributed by atoms with Gasteiger partial charge in [-0.3, -0.25) is 4.79 Å². The molecule has 1 N–H and O–H groups in total. The first-order valence-corrected chi connectivity index (χ1v) is 8.57. The number of amides is 1. The lowest BCUT2D eigenvalue weighted by molar-refractivity contribution is -0.129. The van der Waals surface area contributed by atoms with Crippen LogP contribution in [0.5, 0.6) is 0 Å². The number of hydrogen-bond donors (Lipinski definition) is 1. The summed E-state index contributed by atoms with van der Waals surface area (Å²) < 4.78 is 28.2. The number of carbonyl (C=O) groups excluding carboxylic acids is 1. The number of nitrogens with zero attached hydrogens (tertiary/aromatic N) is 1. The number of nitrogens with one attached hydrogen (secondary N) is 1. The lowest BCUT2D eigenvalue weighted by atomic mass is 9.96. The Morgan fingerprint density at radius 3 is 2.76 bits per heavy atom. The van der Waals surface area contributed by atoms with Crippen LogP contribution in [0.3, 0.4) is 0 Å². The zero-order valence-electron chi connectivity index (χ0n) is 14.3. The van der Waals surface area contributed by atoms with Crippen LogP contribution in [0.1, 0.15) is 30.9 Å². The molecule has 3 nitrogen and oxygen atoms in total. The molecule has 0 unspecified atom stereocenters. The highest BCUT2D eigenvalue weighted by molar-refractivity contribution is 5.75. The predicted octanol–water partition coefficient (Wildman–Crippen LogP) is 3.90. The summed E-state index contributed by atoms with van der Waals surface area (Å²) in [6.07, 6.45) is 1.95. The molecule has 1 heterocycles. The molecule has 0 spiro atoms. The summed E-state index contributed by atoms with van der Waals surface area (Å²) in [5.41, 5.74) is 1.71. The van der Waals surface area contributed by atoms with Gasteiger partial charge in [-0.1, -0.05) is 18.2 Å². The van der Waals surface area contributed by atoms with Crippen LogP contribution in [-0.2, 0) is 4.79 Å². The van der Waals surface area contributed by atoms with Crippen LogP contribution in [0.2, 0.25) is 0 Å². The summed E-state index contributed by atoms with van der Waals surface area (Å²) in [6, 6.07) is 11.0. The maximum absolute atomic E-state index is 14.2. The minimum atomic E-state index is -0.384. The normalized spacial score (nSPS) is 19.2. The summed E-state index contributed by atoms with van der Waals surface area (Å²) in [6.45, 7) is 1.25. The summed E-state index contributed by atoms with van der Waals surface area (Å²) >= 11 is 0. The molecule has 0 radical (unpaired) electrons. The third kappa shape index (κ3) is 4.23. The Labute approximate surface area is 146 Å². The van der Waals surface area contributed by atoms with Crippen molar-refractivity contribution in [3.63, 3.8) is 0 Å². The largest absolute Gasteiger partial charge is 0.344 e. The van der Waals surface area contributed by atoms with Crippen molar-refractivity contribution in [3.05, 3.63) is 59.7 Å². The second-order valence-corrected chi connectivity index (χ2v) is 6.47. The number of benzene rings is 2. The van der Waals surface area contributed by atoms with E-state index in [9.17, 15) is 13.6 Å². The monoisotopic (exact) mass is 344 g/mol. The number of halogens is 2. The fraction of sp³-hybridized carbons (Fsp3) is 0.350. The van der Waals surface area contributed by atoms with Crippen LogP contribution in [-0.4, -0.2) is 30.9 Å². The topological polar surface area (TPSA) is 32.3 Å². The number of rotatable bonds is 2. The Morgan fingerprint density at radius 2 is 1.96 bits per heavy atom. The molecule has 25 heavy (non-hydrogen) atoms. The Hall–Kier alpha value is -2.27. The highest BCUT2D eigenvalue weighted by Crippen LogP contribution is 2.29. The molecular formula is C20H22F2N2O. The van der Waals surface area contributed by atoms with Gasteiger partial charge < -0.3 is 10.2 Å². The van der Waals surface area contributed by atoms with Gasteiger partial charge in [0.25, 0.3) is 0 Å². The third-order valence-corrected chi connectivity index (χ3v) is 4.65. The van der Waals surface area contributed by atoms with Crippen molar-refractivity contribution >= 4 is 5.91 Å². The van der Waals surface area contributed by atoms with E-state index in [1.54, 1.807) is 30.1 Å². The van der Waals surface area contributed by atoms with Gasteiger partial charge in [0.15, 0.2) is 0 Å². The van der Waals surface area contributed by atoms with Crippen LogP contribution in [0.25, 0.3) is 11.1 Å². The lowest BCUT2D eigenvalue weighted by Gasteiger charge is -2.20. The molecule has 1 atom stereocenters. The van der Waals surface area contributed by atoms with Gasteiger partial charge >= 0.3 is 0 Å². The van der Waals surface area contributed by atoms with Crippen molar-refractivity contribution in [2.24, 2.45) is 0 Å². The van der Waals surface area contributed by atoms with E-state index < -0.39 is 0 Å². The molecule has 1 aliphatic heterocycles. The molecule has 5 heteroatoms. The van der Waals surface area contributed by atoms with E-state index in [0.717, 1.165) is 18.4 Å². The molecule has 0 bridgehead atoms. The fourth-order valence-corrected chi connectivity index (χ4v) is 3.23. The number of carbonyl (C=O) groups is 1. The Balaban J connectivity index is 1.89. The highest BCUT2D eigenvalue weighted by atomic mass is 19.1. The maximum Gasteiger partial charge on any atom is 0.222 e. The summed E-state index contributed by atoms with van der Waals surface area (Å²) in [7, 11) is 1.79. The average Bonchev–Trinajstić information content (AvgIpc) is 2.67. The number of hydrogen-bond acceptors (Lipinski definition) is 2. The molecular weight excluding hydrogens is 322 g/mol. The lowest BCUT2D eigenvalue weighted by Crippen LogP contribution is -2.33. The van der Waals surface area contributed by atoms with E-state index in [4.69, 9.17) is 0 Å². The molecule has 0 aliphatic carbocycles. The van der Waals surface area contributed by atoms with Gasteiger partial charge in [0, 0.05) is 38.2 Å². The van der Waals surface area contributed by atoms with Crippen molar-refractivity contribution in [3.8, 4) is 11.1 Å². The van der Waals surface area contributed by atoms with Crippen molar-refractivity contribution in [1.82, 2.24) is 10.2 Å². The second kappa shape index (κ2) is 7.74. The van der Waals surface area contributed by atoms with Crippen LogP contribution < -0.4 is 5.32 Å². The molecule has 3 rings (SSSR count). The first kappa shape index (κ1) is 17.5. The maximum atomic E-state index is 14.2. The van der Waals surface area contributed by atoms with Crippen LogP contribution in [0.15, 0.2) is 42.5 Å². The van der Waals surface area contributed by atoms with Crippen LogP contribution >= 0.6 is 0 Å². The third-order valence-electron chi connectivity index (χ3n) is 4.65. The van der Waals surface area contributed by atoms with E-state index in [2.05, 4.69) is 5.32 Å². The zero-order chi connectivity index (χ0) is 17.8. The van der Waals surface area contributed by atoms with Crippen molar-refractivity contribution in [2.45, 2.75) is 25.3 Å². The van der Waals surface area contributed by atoms with E-state index in [1.165, 1.54) is 18.2 Å².